The molecule has 8 heteroatoms. The zero-order valence-corrected chi connectivity index (χ0v) is 11.1. The van der Waals surface area contributed by atoms with E-state index in [0.29, 0.717) is 18.7 Å². The van der Waals surface area contributed by atoms with Gasteiger partial charge in [-0.2, -0.15) is 0 Å². The second-order valence-electron chi connectivity index (χ2n) is 3.99. The molecule has 1 rings (SSSR count). The first-order valence-corrected chi connectivity index (χ1v) is 5.75. The average molecular weight is 271 g/mol. The summed E-state index contributed by atoms with van der Waals surface area (Å²) in [5, 5.41) is 16.7. The van der Waals surface area contributed by atoms with E-state index in [0.717, 1.165) is 0 Å². The van der Waals surface area contributed by atoms with E-state index in [9.17, 15) is 14.7 Å². The molecule has 1 unspecified atom stereocenters. The first kappa shape index (κ1) is 15.1. The predicted octanol–water partition coefficient (Wildman–Crippen LogP) is -0.449. The summed E-state index contributed by atoms with van der Waals surface area (Å²) >= 11 is 0. The molecule has 0 aliphatic heterocycles. The van der Waals surface area contributed by atoms with Gasteiger partial charge in [0.05, 0.1) is 32.4 Å². The highest BCUT2D eigenvalue weighted by Crippen LogP contribution is 2.10. The standard InChI is InChI=1S/C11H17N3O5/c1-7(15)4-5-14-8(6-9(16)18-2)10(12-13-14)11(17)19-3/h7,15H,4-6H2,1-3H3. The van der Waals surface area contributed by atoms with E-state index >= 15 is 0 Å². The number of ether oxygens (including phenoxy) is 2. The zero-order chi connectivity index (χ0) is 14.4. The third-order valence-corrected chi connectivity index (χ3v) is 2.51. The van der Waals surface area contributed by atoms with Crippen LogP contribution < -0.4 is 0 Å². The zero-order valence-electron chi connectivity index (χ0n) is 11.1. The second-order valence-corrected chi connectivity index (χ2v) is 3.99. The van der Waals surface area contributed by atoms with Crippen LogP contribution in [0.2, 0.25) is 0 Å². The lowest BCUT2D eigenvalue weighted by atomic mass is 10.2. The Labute approximate surface area is 110 Å². The number of hydrogen-bond acceptors (Lipinski definition) is 7. The molecule has 0 aliphatic rings. The van der Waals surface area contributed by atoms with Crippen molar-refractivity contribution in [1.29, 1.82) is 0 Å². The van der Waals surface area contributed by atoms with E-state index in [4.69, 9.17) is 0 Å². The molecule has 0 aromatic carbocycles. The average Bonchev–Trinajstić information content (AvgIpc) is 2.78. The van der Waals surface area contributed by atoms with E-state index in [-0.39, 0.29) is 12.1 Å². The fourth-order valence-corrected chi connectivity index (χ4v) is 1.46. The van der Waals surface area contributed by atoms with Crippen molar-refractivity contribution in [2.75, 3.05) is 14.2 Å². The van der Waals surface area contributed by atoms with Crippen LogP contribution in [0.4, 0.5) is 0 Å². The Bertz CT molecular complexity index is 455. The lowest BCUT2D eigenvalue weighted by molar-refractivity contribution is -0.139. The molecule has 1 heterocycles. The van der Waals surface area contributed by atoms with Crippen molar-refractivity contribution in [3.63, 3.8) is 0 Å². The van der Waals surface area contributed by atoms with Crippen LogP contribution in [0.5, 0.6) is 0 Å². The van der Waals surface area contributed by atoms with Crippen LogP contribution in [0.1, 0.15) is 29.5 Å². The van der Waals surface area contributed by atoms with Gasteiger partial charge in [-0.25, -0.2) is 9.48 Å². The summed E-state index contributed by atoms with van der Waals surface area (Å²) in [7, 11) is 2.48. The molecular formula is C11H17N3O5. The van der Waals surface area contributed by atoms with Crippen LogP contribution in [0.3, 0.4) is 0 Å². The number of nitrogens with zero attached hydrogens (tertiary/aromatic N) is 3. The monoisotopic (exact) mass is 271 g/mol. The highest BCUT2D eigenvalue weighted by molar-refractivity contribution is 5.89. The van der Waals surface area contributed by atoms with E-state index in [1.807, 2.05) is 0 Å². The summed E-state index contributed by atoms with van der Waals surface area (Å²) in [5.74, 6) is -1.17. The van der Waals surface area contributed by atoms with Gasteiger partial charge in [-0.1, -0.05) is 5.21 Å². The lowest BCUT2D eigenvalue weighted by Gasteiger charge is -2.08. The molecule has 0 radical (unpaired) electrons. The topological polar surface area (TPSA) is 104 Å². The third kappa shape index (κ3) is 4.02. The highest BCUT2D eigenvalue weighted by atomic mass is 16.5. The molecule has 1 aromatic heterocycles. The number of rotatable bonds is 6. The maximum absolute atomic E-state index is 11.5. The smallest absolute Gasteiger partial charge is 0.360 e. The van der Waals surface area contributed by atoms with Crippen molar-refractivity contribution in [3.8, 4) is 0 Å². The number of aromatic nitrogens is 3. The minimum atomic E-state index is -0.665. The van der Waals surface area contributed by atoms with Gasteiger partial charge in [-0.3, -0.25) is 4.79 Å². The van der Waals surface area contributed by atoms with Crippen molar-refractivity contribution in [3.05, 3.63) is 11.4 Å². The van der Waals surface area contributed by atoms with Gasteiger partial charge in [0.25, 0.3) is 0 Å². The fraction of sp³-hybridized carbons (Fsp3) is 0.636. The largest absolute Gasteiger partial charge is 0.469 e. The van der Waals surface area contributed by atoms with Gasteiger partial charge >= 0.3 is 11.9 Å². The molecule has 1 aromatic rings. The molecule has 0 fully saturated rings. The summed E-state index contributed by atoms with van der Waals surface area (Å²) in [5.41, 5.74) is 0.304. The summed E-state index contributed by atoms with van der Waals surface area (Å²) in [6, 6.07) is 0. The van der Waals surface area contributed by atoms with Crippen molar-refractivity contribution in [2.45, 2.75) is 32.4 Å². The van der Waals surface area contributed by atoms with Crippen molar-refractivity contribution >= 4 is 11.9 Å². The fourth-order valence-electron chi connectivity index (χ4n) is 1.46. The van der Waals surface area contributed by atoms with Gasteiger partial charge in [0.15, 0.2) is 5.69 Å². The normalized spacial score (nSPS) is 12.0. The second kappa shape index (κ2) is 6.83. The molecule has 0 spiro atoms. The highest BCUT2D eigenvalue weighted by Gasteiger charge is 2.22. The third-order valence-electron chi connectivity index (χ3n) is 2.51. The maximum Gasteiger partial charge on any atom is 0.360 e. The number of carbonyl (C=O) groups excluding carboxylic acids is 2. The molecule has 0 aliphatic carbocycles. The number of carbonyl (C=O) groups is 2. The van der Waals surface area contributed by atoms with Gasteiger partial charge in [0.2, 0.25) is 0 Å². The summed E-state index contributed by atoms with van der Waals surface area (Å²) < 4.78 is 10.5. The molecule has 1 N–H and O–H groups in total. The number of aliphatic hydroxyl groups is 1. The summed E-state index contributed by atoms with van der Waals surface area (Å²) in [4.78, 5) is 22.9. The summed E-state index contributed by atoms with van der Waals surface area (Å²) in [6.07, 6.45) is -0.219. The molecule has 19 heavy (non-hydrogen) atoms. The van der Waals surface area contributed by atoms with Crippen molar-refractivity contribution < 1.29 is 24.2 Å². The van der Waals surface area contributed by atoms with Crippen LogP contribution in [0.25, 0.3) is 0 Å². The predicted molar refractivity (Wildman–Crippen MR) is 63.4 cm³/mol. The first-order chi connectivity index (χ1) is 8.99. The maximum atomic E-state index is 11.5. The minimum absolute atomic E-state index is 0.0153. The Morgan fingerprint density at radius 2 is 2.05 bits per heavy atom. The SMILES string of the molecule is COC(=O)Cc1c(C(=O)OC)nnn1CCC(C)O. The van der Waals surface area contributed by atoms with Crippen molar-refractivity contribution in [2.24, 2.45) is 0 Å². The van der Waals surface area contributed by atoms with Crippen LogP contribution in [-0.4, -0.2) is 52.4 Å². The molecule has 0 saturated carbocycles. The molecular weight excluding hydrogens is 254 g/mol. The molecule has 0 bridgehead atoms. The summed E-state index contributed by atoms with van der Waals surface area (Å²) in [6.45, 7) is 1.98. The van der Waals surface area contributed by atoms with Gasteiger partial charge < -0.3 is 14.6 Å². The van der Waals surface area contributed by atoms with Crippen LogP contribution in [-0.2, 0) is 27.2 Å². The number of aryl methyl sites for hydroxylation is 1. The van der Waals surface area contributed by atoms with E-state index in [1.54, 1.807) is 6.92 Å². The van der Waals surface area contributed by atoms with Gasteiger partial charge in [0, 0.05) is 6.54 Å². The molecule has 1 atom stereocenters. The van der Waals surface area contributed by atoms with E-state index in [1.165, 1.54) is 18.9 Å². The first-order valence-electron chi connectivity index (χ1n) is 5.75. The van der Waals surface area contributed by atoms with E-state index in [2.05, 4.69) is 19.8 Å². The molecule has 0 saturated heterocycles. The molecule has 0 amide bonds. The number of esters is 2. The Morgan fingerprint density at radius 1 is 1.37 bits per heavy atom. The van der Waals surface area contributed by atoms with Crippen molar-refractivity contribution in [1.82, 2.24) is 15.0 Å². The van der Waals surface area contributed by atoms with Gasteiger partial charge in [-0.15, -0.1) is 5.10 Å². The number of aliphatic hydroxyl groups excluding tert-OH is 1. The Hall–Kier alpha value is -1.96. The van der Waals surface area contributed by atoms with Crippen LogP contribution >= 0.6 is 0 Å². The Balaban J connectivity index is 2.99. The van der Waals surface area contributed by atoms with Crippen LogP contribution in [0, 0.1) is 0 Å². The number of methoxy groups -OCH3 is 2. The molecule has 106 valence electrons. The lowest BCUT2D eigenvalue weighted by Crippen LogP contribution is -2.16. The Morgan fingerprint density at radius 3 is 2.58 bits per heavy atom. The van der Waals surface area contributed by atoms with Crippen LogP contribution in [0.15, 0.2) is 0 Å². The molecule has 8 nitrogen and oxygen atoms in total. The quantitative estimate of drug-likeness (QED) is 0.699. The number of hydrogen-bond donors (Lipinski definition) is 1. The minimum Gasteiger partial charge on any atom is -0.469 e. The Kier molecular flexibility index (Phi) is 5.43. The van der Waals surface area contributed by atoms with E-state index < -0.39 is 18.0 Å². The van der Waals surface area contributed by atoms with Gasteiger partial charge in [-0.05, 0) is 13.3 Å². The van der Waals surface area contributed by atoms with Gasteiger partial charge in [0.1, 0.15) is 0 Å².